The summed E-state index contributed by atoms with van der Waals surface area (Å²) < 4.78 is 13.2. The number of rotatable bonds is 4. The lowest BCUT2D eigenvalue weighted by Crippen LogP contribution is -2.28. The summed E-state index contributed by atoms with van der Waals surface area (Å²) in [6, 6.07) is 13.2. The smallest absolute Gasteiger partial charge is 0.227 e. The highest BCUT2D eigenvalue weighted by molar-refractivity contribution is 5.92. The maximum atomic E-state index is 13.2. The number of carbonyl (C=O) groups excluding carboxylic acids is 1. The molecule has 0 spiro atoms. The SMILES string of the molecule is Cc1ccc(F)cc1NC(=O)CC(C)(O)c1ccccc1. The van der Waals surface area contributed by atoms with Crippen LogP contribution in [-0.4, -0.2) is 11.0 Å². The summed E-state index contributed by atoms with van der Waals surface area (Å²) in [6.07, 6.45) is -0.104. The Morgan fingerprint density at radius 3 is 2.57 bits per heavy atom. The van der Waals surface area contributed by atoms with E-state index in [1.54, 1.807) is 44.2 Å². The first kappa shape index (κ1) is 15.2. The van der Waals surface area contributed by atoms with Gasteiger partial charge >= 0.3 is 0 Å². The van der Waals surface area contributed by atoms with Gasteiger partial charge in [0.05, 0.1) is 12.0 Å². The van der Waals surface area contributed by atoms with E-state index >= 15 is 0 Å². The van der Waals surface area contributed by atoms with Crippen molar-refractivity contribution in [1.29, 1.82) is 0 Å². The lowest BCUT2D eigenvalue weighted by molar-refractivity contribution is -0.120. The molecule has 0 bridgehead atoms. The molecule has 0 radical (unpaired) electrons. The van der Waals surface area contributed by atoms with E-state index in [0.717, 1.165) is 5.56 Å². The Morgan fingerprint density at radius 1 is 1.24 bits per heavy atom. The number of halogens is 1. The number of aryl methyl sites for hydroxylation is 1. The largest absolute Gasteiger partial charge is 0.385 e. The third kappa shape index (κ3) is 3.89. The van der Waals surface area contributed by atoms with Crippen LogP contribution in [0, 0.1) is 12.7 Å². The van der Waals surface area contributed by atoms with Crippen LogP contribution >= 0.6 is 0 Å². The van der Waals surface area contributed by atoms with Crippen LogP contribution in [0.5, 0.6) is 0 Å². The maximum Gasteiger partial charge on any atom is 0.227 e. The average Bonchev–Trinajstić information content (AvgIpc) is 2.43. The van der Waals surface area contributed by atoms with Gasteiger partial charge in [-0.15, -0.1) is 0 Å². The molecule has 1 atom stereocenters. The van der Waals surface area contributed by atoms with Gasteiger partial charge in [-0.1, -0.05) is 36.4 Å². The van der Waals surface area contributed by atoms with Crippen LogP contribution in [0.4, 0.5) is 10.1 Å². The normalized spacial score (nSPS) is 13.5. The summed E-state index contributed by atoms with van der Waals surface area (Å²) in [7, 11) is 0. The van der Waals surface area contributed by atoms with Crippen LogP contribution in [0.1, 0.15) is 24.5 Å². The minimum atomic E-state index is -1.27. The Morgan fingerprint density at radius 2 is 1.90 bits per heavy atom. The molecule has 2 aromatic rings. The van der Waals surface area contributed by atoms with E-state index < -0.39 is 11.4 Å². The van der Waals surface area contributed by atoms with Crippen molar-refractivity contribution in [2.45, 2.75) is 25.9 Å². The molecule has 2 N–H and O–H groups in total. The van der Waals surface area contributed by atoms with Gasteiger partial charge in [-0.25, -0.2) is 4.39 Å². The Balaban J connectivity index is 2.09. The molecule has 0 aliphatic rings. The summed E-state index contributed by atoms with van der Waals surface area (Å²) in [5.74, 6) is -0.775. The molecule has 0 aromatic heterocycles. The Hall–Kier alpha value is -2.20. The third-order valence-electron chi connectivity index (χ3n) is 3.37. The molecule has 1 amide bonds. The highest BCUT2D eigenvalue weighted by atomic mass is 19.1. The molecule has 1 unspecified atom stereocenters. The van der Waals surface area contributed by atoms with E-state index in [1.807, 2.05) is 6.07 Å². The zero-order valence-electron chi connectivity index (χ0n) is 12.1. The number of nitrogens with one attached hydrogen (secondary N) is 1. The second kappa shape index (κ2) is 6.06. The summed E-state index contributed by atoms with van der Waals surface area (Å²) >= 11 is 0. The zero-order chi connectivity index (χ0) is 15.5. The van der Waals surface area contributed by atoms with Crippen molar-refractivity contribution in [2.75, 3.05) is 5.32 Å². The van der Waals surface area contributed by atoms with E-state index in [4.69, 9.17) is 0 Å². The van der Waals surface area contributed by atoms with Gasteiger partial charge in [-0.2, -0.15) is 0 Å². The topological polar surface area (TPSA) is 49.3 Å². The van der Waals surface area contributed by atoms with Crippen molar-refractivity contribution in [3.05, 3.63) is 65.5 Å². The lowest BCUT2D eigenvalue weighted by Gasteiger charge is -2.23. The third-order valence-corrected chi connectivity index (χ3v) is 3.37. The van der Waals surface area contributed by atoms with Crippen molar-refractivity contribution in [1.82, 2.24) is 0 Å². The molecule has 4 heteroatoms. The Kier molecular flexibility index (Phi) is 4.38. The summed E-state index contributed by atoms with van der Waals surface area (Å²) in [5, 5.41) is 13.1. The van der Waals surface area contributed by atoms with Crippen LogP contribution < -0.4 is 5.32 Å². The zero-order valence-corrected chi connectivity index (χ0v) is 12.1. The molecular formula is C17H18FNO2. The minimum absolute atomic E-state index is 0.104. The summed E-state index contributed by atoms with van der Waals surface area (Å²) in [5.41, 5.74) is 0.580. The van der Waals surface area contributed by atoms with Gasteiger partial charge in [0.2, 0.25) is 5.91 Å². The van der Waals surface area contributed by atoms with Crippen molar-refractivity contribution < 1.29 is 14.3 Å². The van der Waals surface area contributed by atoms with E-state index in [0.29, 0.717) is 11.3 Å². The standard InChI is InChI=1S/C17H18FNO2/c1-12-8-9-14(18)10-15(12)19-16(20)11-17(2,21)13-6-4-3-5-7-13/h3-10,21H,11H2,1-2H3,(H,19,20). The molecule has 0 fully saturated rings. The molecule has 3 nitrogen and oxygen atoms in total. The van der Waals surface area contributed by atoms with E-state index in [9.17, 15) is 14.3 Å². The molecule has 110 valence electrons. The molecule has 2 rings (SSSR count). The fourth-order valence-electron chi connectivity index (χ4n) is 2.14. The number of aliphatic hydroxyl groups is 1. The summed E-state index contributed by atoms with van der Waals surface area (Å²) in [4.78, 5) is 12.1. The predicted octanol–water partition coefficient (Wildman–Crippen LogP) is 3.37. The van der Waals surface area contributed by atoms with Gasteiger partial charge in [0.15, 0.2) is 0 Å². The minimum Gasteiger partial charge on any atom is -0.385 e. The van der Waals surface area contributed by atoms with E-state index in [2.05, 4.69) is 5.32 Å². The lowest BCUT2D eigenvalue weighted by atomic mass is 9.92. The predicted molar refractivity (Wildman–Crippen MR) is 80.4 cm³/mol. The van der Waals surface area contributed by atoms with Gasteiger partial charge in [0, 0.05) is 5.69 Å². The molecule has 21 heavy (non-hydrogen) atoms. The highest BCUT2D eigenvalue weighted by Crippen LogP contribution is 2.25. The Bertz CT molecular complexity index is 638. The molecule has 0 aliphatic heterocycles. The fourth-order valence-corrected chi connectivity index (χ4v) is 2.14. The second-order valence-corrected chi connectivity index (χ2v) is 5.32. The Labute approximate surface area is 123 Å². The molecular weight excluding hydrogens is 269 g/mol. The first-order valence-corrected chi connectivity index (χ1v) is 6.72. The number of anilines is 1. The molecule has 0 saturated carbocycles. The van der Waals surface area contributed by atoms with Gasteiger partial charge in [0.25, 0.3) is 0 Å². The molecule has 0 aliphatic carbocycles. The van der Waals surface area contributed by atoms with Crippen LogP contribution in [0.15, 0.2) is 48.5 Å². The monoisotopic (exact) mass is 287 g/mol. The van der Waals surface area contributed by atoms with Crippen molar-refractivity contribution in [3.63, 3.8) is 0 Å². The first-order valence-electron chi connectivity index (χ1n) is 6.72. The van der Waals surface area contributed by atoms with Gasteiger partial charge in [0.1, 0.15) is 5.82 Å². The van der Waals surface area contributed by atoms with Crippen LogP contribution in [0.25, 0.3) is 0 Å². The number of amides is 1. The second-order valence-electron chi connectivity index (χ2n) is 5.32. The average molecular weight is 287 g/mol. The highest BCUT2D eigenvalue weighted by Gasteiger charge is 2.26. The van der Waals surface area contributed by atoms with Gasteiger partial charge < -0.3 is 10.4 Å². The number of benzene rings is 2. The van der Waals surface area contributed by atoms with Crippen LogP contribution in [0.3, 0.4) is 0 Å². The fraction of sp³-hybridized carbons (Fsp3) is 0.235. The van der Waals surface area contributed by atoms with E-state index in [1.165, 1.54) is 12.1 Å². The van der Waals surface area contributed by atoms with Gasteiger partial charge in [-0.05, 0) is 37.1 Å². The van der Waals surface area contributed by atoms with Crippen molar-refractivity contribution in [3.8, 4) is 0 Å². The molecule has 2 aromatic carbocycles. The molecule has 0 saturated heterocycles. The number of hydrogen-bond acceptors (Lipinski definition) is 2. The summed E-state index contributed by atoms with van der Waals surface area (Å²) in [6.45, 7) is 3.37. The number of carbonyl (C=O) groups is 1. The molecule has 0 heterocycles. The first-order chi connectivity index (χ1) is 9.88. The maximum absolute atomic E-state index is 13.2. The van der Waals surface area contributed by atoms with Gasteiger partial charge in [-0.3, -0.25) is 4.79 Å². The quantitative estimate of drug-likeness (QED) is 0.905. The van der Waals surface area contributed by atoms with Crippen LogP contribution in [0.2, 0.25) is 0 Å². The van der Waals surface area contributed by atoms with Crippen molar-refractivity contribution in [2.24, 2.45) is 0 Å². The van der Waals surface area contributed by atoms with Crippen LogP contribution in [-0.2, 0) is 10.4 Å². The van der Waals surface area contributed by atoms with Crippen molar-refractivity contribution >= 4 is 11.6 Å². The van der Waals surface area contributed by atoms with E-state index in [-0.39, 0.29) is 12.3 Å². The number of hydrogen-bond donors (Lipinski definition) is 2.